The third-order valence-electron chi connectivity index (χ3n) is 3.33. The lowest BCUT2D eigenvalue weighted by Gasteiger charge is -2.07. The Morgan fingerprint density at radius 1 is 1.14 bits per heavy atom. The van der Waals surface area contributed by atoms with Crippen LogP contribution in [-0.4, -0.2) is 22.2 Å². The van der Waals surface area contributed by atoms with Crippen LogP contribution in [-0.2, 0) is 4.74 Å². The smallest absolute Gasteiger partial charge is 0.338 e. The third-order valence-corrected chi connectivity index (χ3v) is 3.33. The van der Waals surface area contributed by atoms with Crippen LogP contribution in [0.1, 0.15) is 17.3 Å². The summed E-state index contributed by atoms with van der Waals surface area (Å²) in [5.41, 5.74) is 2.37. The number of phenols is 1. The van der Waals surface area contributed by atoms with E-state index in [1.165, 1.54) is 0 Å². The number of rotatable bonds is 3. The summed E-state index contributed by atoms with van der Waals surface area (Å²) in [5, 5.41) is 10.4. The minimum absolute atomic E-state index is 0.224. The van der Waals surface area contributed by atoms with Gasteiger partial charge in [0.15, 0.2) is 0 Å². The molecule has 0 aliphatic heterocycles. The molecule has 106 valence electrons. The Morgan fingerprint density at radius 2 is 1.90 bits per heavy atom. The summed E-state index contributed by atoms with van der Waals surface area (Å²) < 4.78 is 7.00. The summed E-state index contributed by atoms with van der Waals surface area (Å²) >= 11 is 0. The predicted octanol–water partition coefficient (Wildman–Crippen LogP) is 3.51. The molecule has 0 saturated carbocycles. The number of hydrogen-bond acceptors (Lipinski definition) is 3. The second-order valence-corrected chi connectivity index (χ2v) is 4.70. The maximum absolute atomic E-state index is 11.8. The van der Waals surface area contributed by atoms with Crippen molar-refractivity contribution in [3.8, 4) is 11.4 Å². The first-order chi connectivity index (χ1) is 10.2. The van der Waals surface area contributed by atoms with Gasteiger partial charge < -0.3 is 14.4 Å². The maximum Gasteiger partial charge on any atom is 0.338 e. The number of aromatic nitrogens is 1. The van der Waals surface area contributed by atoms with E-state index in [2.05, 4.69) is 0 Å². The van der Waals surface area contributed by atoms with Gasteiger partial charge >= 0.3 is 5.97 Å². The Bertz CT molecular complexity index is 787. The molecule has 0 saturated heterocycles. The number of esters is 1. The normalized spacial score (nSPS) is 10.7. The van der Waals surface area contributed by atoms with E-state index in [1.807, 2.05) is 41.1 Å². The van der Waals surface area contributed by atoms with E-state index in [0.717, 1.165) is 16.6 Å². The van der Waals surface area contributed by atoms with E-state index in [0.29, 0.717) is 12.2 Å². The monoisotopic (exact) mass is 281 g/mol. The molecule has 0 unspecified atom stereocenters. The molecular formula is C17H15NO3. The lowest BCUT2D eigenvalue weighted by atomic mass is 10.1. The second kappa shape index (κ2) is 5.32. The van der Waals surface area contributed by atoms with Crippen molar-refractivity contribution in [3.63, 3.8) is 0 Å². The molecule has 0 radical (unpaired) electrons. The molecule has 0 amide bonds. The summed E-state index contributed by atoms with van der Waals surface area (Å²) in [6, 6.07) is 14.4. The van der Waals surface area contributed by atoms with Crippen molar-refractivity contribution < 1.29 is 14.6 Å². The Kier molecular flexibility index (Phi) is 3.36. The molecule has 1 aromatic heterocycles. The molecule has 1 N–H and O–H groups in total. The average molecular weight is 281 g/mol. The van der Waals surface area contributed by atoms with Gasteiger partial charge in [0.2, 0.25) is 0 Å². The zero-order valence-electron chi connectivity index (χ0n) is 11.6. The van der Waals surface area contributed by atoms with E-state index in [4.69, 9.17) is 4.74 Å². The highest BCUT2D eigenvalue weighted by molar-refractivity contribution is 5.95. The van der Waals surface area contributed by atoms with Gasteiger partial charge in [0, 0.05) is 11.9 Å². The van der Waals surface area contributed by atoms with Crippen LogP contribution in [0.15, 0.2) is 54.7 Å². The third kappa shape index (κ3) is 2.48. The van der Waals surface area contributed by atoms with Gasteiger partial charge in [-0.05, 0) is 54.8 Å². The zero-order chi connectivity index (χ0) is 14.8. The minimum atomic E-state index is -0.321. The van der Waals surface area contributed by atoms with Gasteiger partial charge in [-0.3, -0.25) is 0 Å². The highest BCUT2D eigenvalue weighted by Crippen LogP contribution is 2.23. The SMILES string of the molecule is CCOC(=O)c1ccc2ccn(-c3ccc(O)cc3)c2c1. The van der Waals surface area contributed by atoms with Gasteiger partial charge in [-0.15, -0.1) is 0 Å². The summed E-state index contributed by atoms with van der Waals surface area (Å²) in [7, 11) is 0. The number of hydrogen-bond donors (Lipinski definition) is 1. The average Bonchev–Trinajstić information content (AvgIpc) is 2.91. The van der Waals surface area contributed by atoms with Crippen molar-refractivity contribution in [1.82, 2.24) is 4.57 Å². The van der Waals surface area contributed by atoms with Crippen LogP contribution in [0.25, 0.3) is 16.6 Å². The molecule has 0 atom stereocenters. The first kappa shape index (κ1) is 13.2. The van der Waals surface area contributed by atoms with E-state index in [9.17, 15) is 9.90 Å². The fraction of sp³-hybridized carbons (Fsp3) is 0.118. The Labute approximate surface area is 122 Å². The van der Waals surface area contributed by atoms with Crippen molar-refractivity contribution in [2.45, 2.75) is 6.92 Å². The zero-order valence-corrected chi connectivity index (χ0v) is 11.6. The largest absolute Gasteiger partial charge is 0.508 e. The standard InChI is InChI=1S/C17H15NO3/c1-2-21-17(20)13-4-3-12-9-10-18(16(12)11-13)14-5-7-15(19)8-6-14/h3-11,19H,2H2,1H3. The highest BCUT2D eigenvalue weighted by Gasteiger charge is 2.10. The van der Waals surface area contributed by atoms with Crippen LogP contribution >= 0.6 is 0 Å². The summed E-state index contributed by atoms with van der Waals surface area (Å²) in [6.07, 6.45) is 1.94. The molecule has 4 nitrogen and oxygen atoms in total. The number of ether oxygens (including phenoxy) is 1. The van der Waals surface area contributed by atoms with Gasteiger partial charge in [0.1, 0.15) is 5.75 Å². The van der Waals surface area contributed by atoms with Crippen LogP contribution < -0.4 is 0 Å². The van der Waals surface area contributed by atoms with Crippen molar-refractivity contribution in [2.75, 3.05) is 6.61 Å². The lowest BCUT2D eigenvalue weighted by molar-refractivity contribution is 0.0526. The molecule has 2 aromatic carbocycles. The summed E-state index contributed by atoms with van der Waals surface area (Å²) in [5.74, 6) is -0.0970. The summed E-state index contributed by atoms with van der Waals surface area (Å²) in [4.78, 5) is 11.8. The van der Waals surface area contributed by atoms with Crippen molar-refractivity contribution in [1.29, 1.82) is 0 Å². The number of phenolic OH excluding ortho intramolecular Hbond substituents is 1. The van der Waals surface area contributed by atoms with Crippen molar-refractivity contribution >= 4 is 16.9 Å². The first-order valence-corrected chi connectivity index (χ1v) is 6.76. The van der Waals surface area contributed by atoms with Crippen LogP contribution in [0.3, 0.4) is 0 Å². The van der Waals surface area contributed by atoms with Crippen LogP contribution in [0.4, 0.5) is 0 Å². The predicted molar refractivity (Wildman–Crippen MR) is 80.9 cm³/mol. The molecule has 0 aliphatic carbocycles. The van der Waals surface area contributed by atoms with E-state index < -0.39 is 0 Å². The fourth-order valence-corrected chi connectivity index (χ4v) is 2.31. The first-order valence-electron chi connectivity index (χ1n) is 6.76. The Hall–Kier alpha value is -2.75. The van der Waals surface area contributed by atoms with Gasteiger partial charge in [0.05, 0.1) is 17.7 Å². The molecule has 4 heteroatoms. The Balaban J connectivity index is 2.09. The van der Waals surface area contributed by atoms with Gasteiger partial charge in [-0.2, -0.15) is 0 Å². The van der Waals surface area contributed by atoms with Gasteiger partial charge in [-0.25, -0.2) is 4.79 Å². The maximum atomic E-state index is 11.8. The molecule has 0 bridgehead atoms. The van der Waals surface area contributed by atoms with Crippen LogP contribution in [0.5, 0.6) is 5.75 Å². The molecule has 1 heterocycles. The van der Waals surface area contributed by atoms with Crippen LogP contribution in [0.2, 0.25) is 0 Å². The van der Waals surface area contributed by atoms with Crippen molar-refractivity contribution in [2.24, 2.45) is 0 Å². The van der Waals surface area contributed by atoms with Gasteiger partial charge in [0.25, 0.3) is 0 Å². The van der Waals surface area contributed by atoms with E-state index in [1.54, 1.807) is 25.1 Å². The van der Waals surface area contributed by atoms with E-state index >= 15 is 0 Å². The summed E-state index contributed by atoms with van der Waals surface area (Å²) in [6.45, 7) is 2.14. The number of nitrogens with zero attached hydrogens (tertiary/aromatic N) is 1. The highest BCUT2D eigenvalue weighted by atomic mass is 16.5. The number of fused-ring (bicyclic) bond motifs is 1. The second-order valence-electron chi connectivity index (χ2n) is 4.70. The number of aromatic hydroxyl groups is 1. The van der Waals surface area contributed by atoms with Gasteiger partial charge in [-0.1, -0.05) is 6.07 Å². The molecule has 0 fully saturated rings. The Morgan fingerprint density at radius 3 is 2.62 bits per heavy atom. The van der Waals surface area contributed by atoms with E-state index in [-0.39, 0.29) is 11.7 Å². The quantitative estimate of drug-likeness (QED) is 0.747. The topological polar surface area (TPSA) is 51.5 Å². The number of benzene rings is 2. The minimum Gasteiger partial charge on any atom is -0.508 e. The lowest BCUT2D eigenvalue weighted by Crippen LogP contribution is -2.04. The number of carbonyl (C=O) groups is 1. The number of carbonyl (C=O) groups excluding carboxylic acids is 1. The van der Waals surface area contributed by atoms with Crippen molar-refractivity contribution in [3.05, 3.63) is 60.3 Å². The molecule has 21 heavy (non-hydrogen) atoms. The molecular weight excluding hydrogens is 266 g/mol. The molecule has 3 rings (SSSR count). The molecule has 0 spiro atoms. The molecule has 3 aromatic rings. The molecule has 0 aliphatic rings. The fourth-order valence-electron chi connectivity index (χ4n) is 2.31. The van der Waals surface area contributed by atoms with Crippen LogP contribution in [0, 0.1) is 0 Å².